The molecule has 0 aromatic heterocycles. The Morgan fingerprint density at radius 1 is 1.29 bits per heavy atom. The summed E-state index contributed by atoms with van der Waals surface area (Å²) in [7, 11) is -3.71. The Hall–Kier alpha value is -1.66. The smallest absolute Gasteiger partial charge is 0.238 e. The van der Waals surface area contributed by atoms with E-state index in [2.05, 4.69) is 11.4 Å². The first-order valence-electron chi connectivity index (χ1n) is 7.01. The van der Waals surface area contributed by atoms with Crippen LogP contribution in [-0.2, 0) is 21.4 Å². The number of benzene rings is 1. The summed E-state index contributed by atoms with van der Waals surface area (Å²) >= 11 is 0. The van der Waals surface area contributed by atoms with E-state index >= 15 is 0 Å². The first-order chi connectivity index (χ1) is 9.95. The fourth-order valence-corrected chi connectivity index (χ4v) is 2.95. The fraction of sp³-hybridized carbons (Fsp3) is 0.400. The molecule has 0 radical (unpaired) electrons. The van der Waals surface area contributed by atoms with Gasteiger partial charge in [-0.3, -0.25) is 4.79 Å². The van der Waals surface area contributed by atoms with Gasteiger partial charge in [0.2, 0.25) is 15.9 Å². The van der Waals surface area contributed by atoms with E-state index in [4.69, 9.17) is 5.14 Å². The highest BCUT2D eigenvalue weighted by Gasteiger charge is 2.10. The Bertz CT molecular complexity index is 651. The van der Waals surface area contributed by atoms with Crippen LogP contribution in [0.25, 0.3) is 0 Å². The van der Waals surface area contributed by atoms with E-state index in [1.54, 1.807) is 12.1 Å². The van der Waals surface area contributed by atoms with Crippen molar-refractivity contribution in [3.8, 4) is 0 Å². The lowest BCUT2D eigenvalue weighted by molar-refractivity contribution is -0.120. The number of nitrogens with two attached hydrogens (primary N) is 1. The Kier molecular flexibility index (Phi) is 5.14. The van der Waals surface area contributed by atoms with E-state index in [-0.39, 0.29) is 10.8 Å². The summed E-state index contributed by atoms with van der Waals surface area (Å²) in [5.74, 6) is -0.0378. The zero-order valence-electron chi connectivity index (χ0n) is 11.8. The van der Waals surface area contributed by atoms with Gasteiger partial charge in [0.25, 0.3) is 0 Å². The summed E-state index contributed by atoms with van der Waals surface area (Å²) in [6.45, 7) is 0.301. The van der Waals surface area contributed by atoms with Crippen LogP contribution in [0, 0.1) is 0 Å². The molecular weight excluding hydrogens is 288 g/mol. The van der Waals surface area contributed by atoms with Gasteiger partial charge in [0.15, 0.2) is 0 Å². The Labute approximate surface area is 125 Å². The lowest BCUT2D eigenvalue weighted by atomic mass is 9.97. The van der Waals surface area contributed by atoms with Gasteiger partial charge < -0.3 is 5.32 Å². The first-order valence-corrected chi connectivity index (χ1v) is 8.56. The molecule has 114 valence electrons. The quantitative estimate of drug-likeness (QED) is 0.813. The maximum Gasteiger partial charge on any atom is 0.238 e. The van der Waals surface area contributed by atoms with Crippen LogP contribution in [-0.4, -0.2) is 14.3 Å². The van der Waals surface area contributed by atoms with Crippen molar-refractivity contribution in [1.29, 1.82) is 0 Å². The molecule has 0 atom stereocenters. The lowest BCUT2D eigenvalue weighted by Gasteiger charge is -2.12. The predicted octanol–water partition coefficient (Wildman–Crippen LogP) is 1.84. The third-order valence-corrected chi connectivity index (χ3v) is 4.40. The summed E-state index contributed by atoms with van der Waals surface area (Å²) in [5.41, 5.74) is 1.91. The van der Waals surface area contributed by atoms with Gasteiger partial charge in [-0.05, 0) is 43.4 Å². The Morgan fingerprint density at radius 3 is 2.76 bits per heavy atom. The topological polar surface area (TPSA) is 89.3 Å². The molecular formula is C15H20N2O3S. The normalized spacial score (nSPS) is 15.4. The van der Waals surface area contributed by atoms with Gasteiger partial charge >= 0.3 is 0 Å². The van der Waals surface area contributed by atoms with Crippen LogP contribution in [0.15, 0.2) is 40.8 Å². The molecule has 1 aromatic rings. The summed E-state index contributed by atoms with van der Waals surface area (Å²) in [6, 6.07) is 6.29. The summed E-state index contributed by atoms with van der Waals surface area (Å²) in [5, 5.41) is 7.89. The lowest BCUT2D eigenvalue weighted by Crippen LogP contribution is -2.23. The Balaban J connectivity index is 1.91. The van der Waals surface area contributed by atoms with Crippen LogP contribution in [0.2, 0.25) is 0 Å². The molecule has 3 N–H and O–H groups in total. The molecule has 0 bridgehead atoms. The largest absolute Gasteiger partial charge is 0.352 e. The van der Waals surface area contributed by atoms with Crippen LogP contribution < -0.4 is 10.5 Å². The zero-order valence-corrected chi connectivity index (χ0v) is 12.7. The average molecular weight is 308 g/mol. The average Bonchev–Trinajstić information content (AvgIpc) is 2.46. The number of rotatable bonds is 5. The number of hydrogen-bond acceptors (Lipinski definition) is 3. The number of allylic oxidation sites excluding steroid dienone is 1. The molecule has 0 saturated carbocycles. The second-order valence-electron chi connectivity index (χ2n) is 5.25. The molecule has 5 nitrogen and oxygen atoms in total. The van der Waals surface area contributed by atoms with Crippen molar-refractivity contribution in [3.05, 3.63) is 41.5 Å². The molecule has 1 aromatic carbocycles. The number of primary sulfonamides is 1. The molecule has 2 rings (SSSR count). The standard InChI is InChI=1S/C15H20N2O3S/c16-21(19,20)14-8-4-7-13(9-14)11-17-15(18)10-12-5-2-1-3-6-12/h4-5,7-9H,1-3,6,10-11H2,(H,17,18)(H2,16,19,20). The third kappa shape index (κ3) is 4.99. The van der Waals surface area contributed by atoms with Crippen molar-refractivity contribution in [2.24, 2.45) is 5.14 Å². The highest BCUT2D eigenvalue weighted by atomic mass is 32.2. The SMILES string of the molecule is NS(=O)(=O)c1cccc(CNC(=O)CC2=CCCCC2)c1. The summed E-state index contributed by atoms with van der Waals surface area (Å²) in [6.07, 6.45) is 6.97. The molecule has 0 saturated heterocycles. The number of sulfonamides is 1. The van der Waals surface area contributed by atoms with Gasteiger partial charge in [-0.15, -0.1) is 0 Å². The van der Waals surface area contributed by atoms with E-state index < -0.39 is 10.0 Å². The molecule has 0 aliphatic heterocycles. The maximum absolute atomic E-state index is 11.9. The minimum Gasteiger partial charge on any atom is -0.352 e. The van der Waals surface area contributed by atoms with Crippen molar-refractivity contribution in [1.82, 2.24) is 5.32 Å². The van der Waals surface area contributed by atoms with Gasteiger partial charge in [-0.1, -0.05) is 23.8 Å². The monoisotopic (exact) mass is 308 g/mol. The van der Waals surface area contributed by atoms with Gasteiger partial charge in [0, 0.05) is 13.0 Å². The zero-order chi connectivity index (χ0) is 15.3. The van der Waals surface area contributed by atoms with E-state index in [0.29, 0.717) is 18.5 Å². The predicted molar refractivity (Wildman–Crippen MR) is 80.8 cm³/mol. The number of hydrogen-bond donors (Lipinski definition) is 2. The first kappa shape index (κ1) is 15.7. The van der Waals surface area contributed by atoms with E-state index in [0.717, 1.165) is 19.3 Å². The molecule has 0 fully saturated rings. The molecule has 1 aliphatic rings. The van der Waals surface area contributed by atoms with Crippen molar-refractivity contribution in [2.75, 3.05) is 0 Å². The van der Waals surface area contributed by atoms with Crippen LogP contribution in [0.3, 0.4) is 0 Å². The maximum atomic E-state index is 11.9. The van der Waals surface area contributed by atoms with Gasteiger partial charge in [-0.25, -0.2) is 13.6 Å². The number of carbonyl (C=O) groups excluding carboxylic acids is 1. The van der Waals surface area contributed by atoms with Crippen molar-refractivity contribution >= 4 is 15.9 Å². The van der Waals surface area contributed by atoms with Crippen LogP contribution in [0.4, 0.5) is 0 Å². The van der Waals surface area contributed by atoms with Gasteiger partial charge in [0.05, 0.1) is 4.90 Å². The Morgan fingerprint density at radius 2 is 2.10 bits per heavy atom. The van der Waals surface area contributed by atoms with Crippen LogP contribution >= 0.6 is 0 Å². The van der Waals surface area contributed by atoms with Crippen molar-refractivity contribution < 1.29 is 13.2 Å². The minimum atomic E-state index is -3.71. The molecule has 1 amide bonds. The van der Waals surface area contributed by atoms with Crippen LogP contribution in [0.1, 0.15) is 37.7 Å². The fourth-order valence-electron chi connectivity index (χ4n) is 2.37. The molecule has 0 heterocycles. The summed E-state index contributed by atoms with van der Waals surface area (Å²) < 4.78 is 22.5. The van der Waals surface area contributed by atoms with Crippen molar-refractivity contribution in [2.45, 2.75) is 43.5 Å². The van der Waals surface area contributed by atoms with E-state index in [1.165, 1.54) is 24.1 Å². The minimum absolute atomic E-state index is 0.0378. The number of nitrogens with one attached hydrogen (secondary N) is 1. The van der Waals surface area contributed by atoms with Gasteiger partial charge in [-0.2, -0.15) is 0 Å². The highest BCUT2D eigenvalue weighted by Crippen LogP contribution is 2.19. The summed E-state index contributed by atoms with van der Waals surface area (Å²) in [4.78, 5) is 11.9. The van der Waals surface area contributed by atoms with Crippen LogP contribution in [0.5, 0.6) is 0 Å². The van der Waals surface area contributed by atoms with E-state index in [1.807, 2.05) is 0 Å². The van der Waals surface area contributed by atoms with E-state index in [9.17, 15) is 13.2 Å². The molecule has 0 spiro atoms. The highest BCUT2D eigenvalue weighted by molar-refractivity contribution is 7.89. The van der Waals surface area contributed by atoms with Crippen molar-refractivity contribution in [3.63, 3.8) is 0 Å². The second kappa shape index (κ2) is 6.87. The number of amides is 1. The molecule has 21 heavy (non-hydrogen) atoms. The van der Waals surface area contributed by atoms with Gasteiger partial charge in [0.1, 0.15) is 0 Å². The third-order valence-electron chi connectivity index (χ3n) is 3.49. The molecule has 0 unspecified atom stereocenters. The molecule has 6 heteroatoms. The number of carbonyl (C=O) groups is 1. The molecule has 1 aliphatic carbocycles. The second-order valence-corrected chi connectivity index (χ2v) is 6.82.